The Labute approximate surface area is 124 Å². The van der Waals surface area contributed by atoms with Gasteiger partial charge in [-0.1, -0.05) is 6.92 Å². The molecule has 1 unspecified atom stereocenters. The minimum absolute atomic E-state index is 0.626. The molecule has 0 radical (unpaired) electrons. The Bertz CT molecular complexity index is 594. The lowest BCUT2D eigenvalue weighted by atomic mass is 10.1. The van der Waals surface area contributed by atoms with E-state index in [0.29, 0.717) is 17.5 Å². The number of nitrogens with one attached hydrogen (secondary N) is 3. The number of hydrogen-bond acceptors (Lipinski definition) is 6. The highest BCUT2D eigenvalue weighted by Gasteiger charge is 2.21. The van der Waals surface area contributed by atoms with Gasteiger partial charge in [0.15, 0.2) is 11.5 Å². The molecule has 21 heavy (non-hydrogen) atoms. The van der Waals surface area contributed by atoms with Crippen LogP contribution < -0.4 is 10.6 Å². The summed E-state index contributed by atoms with van der Waals surface area (Å²) in [5.41, 5.74) is 1.58. The first kappa shape index (κ1) is 14.1. The second-order valence-corrected chi connectivity index (χ2v) is 5.46. The van der Waals surface area contributed by atoms with E-state index in [4.69, 9.17) is 0 Å². The molecule has 2 aromatic rings. The van der Waals surface area contributed by atoms with E-state index in [-0.39, 0.29) is 0 Å². The molecule has 1 saturated heterocycles. The Morgan fingerprint density at radius 2 is 2.24 bits per heavy atom. The molecule has 3 rings (SSSR count). The van der Waals surface area contributed by atoms with Crippen molar-refractivity contribution in [2.75, 3.05) is 43.4 Å². The SMILES string of the molecule is CCNc1nc(NCC2CCN(CC)C2)c2[nH]cnc2n1. The fourth-order valence-electron chi connectivity index (χ4n) is 2.81. The number of anilines is 2. The van der Waals surface area contributed by atoms with E-state index >= 15 is 0 Å². The molecule has 7 nitrogen and oxygen atoms in total. The molecule has 0 saturated carbocycles. The summed E-state index contributed by atoms with van der Waals surface area (Å²) < 4.78 is 0. The van der Waals surface area contributed by atoms with E-state index in [9.17, 15) is 0 Å². The summed E-state index contributed by atoms with van der Waals surface area (Å²) in [4.78, 5) is 18.8. The third kappa shape index (κ3) is 3.07. The normalized spacial score (nSPS) is 19.2. The number of H-pyrrole nitrogens is 1. The number of aromatic nitrogens is 4. The number of imidazole rings is 1. The predicted molar refractivity (Wildman–Crippen MR) is 84.6 cm³/mol. The molecule has 1 fully saturated rings. The van der Waals surface area contributed by atoms with Gasteiger partial charge in [0.2, 0.25) is 5.95 Å². The summed E-state index contributed by atoms with van der Waals surface area (Å²) >= 11 is 0. The number of likely N-dealkylation sites (tertiary alicyclic amines) is 1. The van der Waals surface area contributed by atoms with Crippen molar-refractivity contribution in [3.05, 3.63) is 6.33 Å². The minimum Gasteiger partial charge on any atom is -0.368 e. The van der Waals surface area contributed by atoms with Crippen molar-refractivity contribution in [3.8, 4) is 0 Å². The molecule has 3 heterocycles. The van der Waals surface area contributed by atoms with E-state index in [0.717, 1.165) is 31.0 Å². The lowest BCUT2D eigenvalue weighted by Crippen LogP contribution is -2.22. The van der Waals surface area contributed by atoms with Crippen LogP contribution in [0.5, 0.6) is 0 Å². The summed E-state index contributed by atoms with van der Waals surface area (Å²) in [6.45, 7) is 9.49. The average Bonchev–Trinajstić information content (AvgIpc) is 3.13. The monoisotopic (exact) mass is 289 g/mol. The summed E-state index contributed by atoms with van der Waals surface area (Å²) in [6.07, 6.45) is 2.91. The van der Waals surface area contributed by atoms with Crippen molar-refractivity contribution < 1.29 is 0 Å². The maximum absolute atomic E-state index is 4.54. The molecule has 1 aliphatic heterocycles. The van der Waals surface area contributed by atoms with Gasteiger partial charge in [0, 0.05) is 19.6 Å². The van der Waals surface area contributed by atoms with Crippen LogP contribution in [0.2, 0.25) is 0 Å². The summed E-state index contributed by atoms with van der Waals surface area (Å²) in [5.74, 6) is 2.14. The number of nitrogens with zero attached hydrogens (tertiary/aromatic N) is 4. The summed E-state index contributed by atoms with van der Waals surface area (Å²) in [6, 6.07) is 0. The molecule has 7 heteroatoms. The first-order valence-corrected chi connectivity index (χ1v) is 7.71. The van der Waals surface area contributed by atoms with E-state index in [1.165, 1.54) is 19.5 Å². The lowest BCUT2D eigenvalue weighted by molar-refractivity contribution is 0.345. The first-order chi connectivity index (χ1) is 10.3. The van der Waals surface area contributed by atoms with Gasteiger partial charge in [0.05, 0.1) is 6.33 Å². The number of hydrogen-bond donors (Lipinski definition) is 3. The predicted octanol–water partition coefficient (Wildman–Crippen LogP) is 1.54. The van der Waals surface area contributed by atoms with Crippen LogP contribution in [0.25, 0.3) is 11.2 Å². The molecule has 0 bridgehead atoms. The molecule has 1 aliphatic rings. The smallest absolute Gasteiger partial charge is 0.226 e. The quantitative estimate of drug-likeness (QED) is 0.748. The molecule has 0 aliphatic carbocycles. The van der Waals surface area contributed by atoms with Crippen LogP contribution in [0.4, 0.5) is 11.8 Å². The van der Waals surface area contributed by atoms with Crippen LogP contribution in [0, 0.1) is 5.92 Å². The third-order valence-electron chi connectivity index (χ3n) is 4.00. The summed E-state index contributed by atoms with van der Waals surface area (Å²) in [5, 5.41) is 6.62. The van der Waals surface area contributed by atoms with E-state index in [1.54, 1.807) is 6.33 Å². The topological polar surface area (TPSA) is 81.8 Å². The Morgan fingerprint density at radius 3 is 3.00 bits per heavy atom. The van der Waals surface area contributed by atoms with Crippen LogP contribution >= 0.6 is 0 Å². The van der Waals surface area contributed by atoms with Gasteiger partial charge in [0.25, 0.3) is 0 Å². The lowest BCUT2D eigenvalue weighted by Gasteiger charge is -2.14. The standard InChI is InChI=1S/C14H23N7/c1-3-15-14-19-12(11-13(20-14)18-9-17-11)16-7-10-5-6-21(4-2)8-10/h9-10H,3-8H2,1-2H3,(H3,15,16,17,18,19,20). The molecule has 114 valence electrons. The van der Waals surface area contributed by atoms with Gasteiger partial charge in [-0.2, -0.15) is 9.97 Å². The van der Waals surface area contributed by atoms with E-state index < -0.39 is 0 Å². The van der Waals surface area contributed by atoms with Crippen molar-refractivity contribution in [1.29, 1.82) is 0 Å². The Kier molecular flexibility index (Phi) is 4.19. The Morgan fingerprint density at radius 1 is 1.33 bits per heavy atom. The fraction of sp³-hybridized carbons (Fsp3) is 0.643. The summed E-state index contributed by atoms with van der Waals surface area (Å²) in [7, 11) is 0. The fourth-order valence-corrected chi connectivity index (χ4v) is 2.81. The zero-order valence-electron chi connectivity index (χ0n) is 12.7. The first-order valence-electron chi connectivity index (χ1n) is 7.71. The van der Waals surface area contributed by atoms with Gasteiger partial charge in [-0.25, -0.2) is 4.98 Å². The van der Waals surface area contributed by atoms with Gasteiger partial charge in [0.1, 0.15) is 5.52 Å². The van der Waals surface area contributed by atoms with Gasteiger partial charge in [-0.15, -0.1) is 0 Å². The van der Waals surface area contributed by atoms with Crippen molar-refractivity contribution in [3.63, 3.8) is 0 Å². The molecule has 0 spiro atoms. The van der Waals surface area contributed by atoms with Crippen LogP contribution in [0.1, 0.15) is 20.3 Å². The number of rotatable bonds is 6. The van der Waals surface area contributed by atoms with E-state index in [2.05, 4.69) is 42.4 Å². The zero-order valence-corrected chi connectivity index (χ0v) is 12.7. The van der Waals surface area contributed by atoms with Gasteiger partial charge in [-0.05, 0) is 32.4 Å². The highest BCUT2D eigenvalue weighted by molar-refractivity contribution is 5.83. The van der Waals surface area contributed by atoms with Crippen LogP contribution in [0.3, 0.4) is 0 Å². The molecule has 0 aromatic carbocycles. The Hall–Kier alpha value is -1.89. The second-order valence-electron chi connectivity index (χ2n) is 5.46. The molecule has 2 aromatic heterocycles. The van der Waals surface area contributed by atoms with Crippen molar-refractivity contribution in [2.24, 2.45) is 5.92 Å². The molecular weight excluding hydrogens is 266 g/mol. The maximum Gasteiger partial charge on any atom is 0.226 e. The number of fused-ring (bicyclic) bond motifs is 1. The highest BCUT2D eigenvalue weighted by atomic mass is 15.2. The maximum atomic E-state index is 4.54. The molecule has 0 amide bonds. The molecule has 3 N–H and O–H groups in total. The average molecular weight is 289 g/mol. The van der Waals surface area contributed by atoms with Gasteiger partial charge >= 0.3 is 0 Å². The zero-order chi connectivity index (χ0) is 14.7. The van der Waals surface area contributed by atoms with Crippen LogP contribution in [0.15, 0.2) is 6.33 Å². The largest absolute Gasteiger partial charge is 0.368 e. The molecular formula is C14H23N7. The second kappa shape index (κ2) is 6.26. The van der Waals surface area contributed by atoms with Gasteiger partial charge in [-0.3, -0.25) is 0 Å². The van der Waals surface area contributed by atoms with Crippen molar-refractivity contribution in [2.45, 2.75) is 20.3 Å². The van der Waals surface area contributed by atoms with E-state index in [1.807, 2.05) is 6.92 Å². The third-order valence-corrected chi connectivity index (χ3v) is 4.00. The van der Waals surface area contributed by atoms with Crippen molar-refractivity contribution >= 4 is 22.9 Å². The van der Waals surface area contributed by atoms with Crippen LogP contribution in [-0.2, 0) is 0 Å². The Balaban J connectivity index is 1.72. The van der Waals surface area contributed by atoms with Crippen LogP contribution in [-0.4, -0.2) is 57.6 Å². The van der Waals surface area contributed by atoms with Gasteiger partial charge < -0.3 is 20.5 Å². The minimum atomic E-state index is 0.626. The van der Waals surface area contributed by atoms with Crippen molar-refractivity contribution in [1.82, 2.24) is 24.8 Å². The highest BCUT2D eigenvalue weighted by Crippen LogP contribution is 2.21. The number of aromatic amines is 1. The molecule has 1 atom stereocenters.